The van der Waals surface area contributed by atoms with Crippen LogP contribution in [0.4, 0.5) is 0 Å². The number of aryl methyl sites for hydroxylation is 2. The van der Waals surface area contributed by atoms with E-state index in [1.807, 2.05) is 12.3 Å². The normalized spacial score (nSPS) is 14.4. The van der Waals surface area contributed by atoms with Gasteiger partial charge in [0.15, 0.2) is 0 Å². The molecule has 0 spiro atoms. The summed E-state index contributed by atoms with van der Waals surface area (Å²) in [6.07, 6.45) is 3.17. The van der Waals surface area contributed by atoms with Crippen LogP contribution in [0.2, 0.25) is 0 Å². The summed E-state index contributed by atoms with van der Waals surface area (Å²) >= 11 is 1.74. The van der Waals surface area contributed by atoms with Gasteiger partial charge >= 0.3 is 0 Å². The zero-order chi connectivity index (χ0) is 36.2. The molecule has 0 amide bonds. The minimum Gasteiger partial charge on any atom is -0.498 e. The molecule has 0 N–H and O–H groups in total. The minimum absolute atomic E-state index is 0. The van der Waals surface area contributed by atoms with Crippen molar-refractivity contribution in [1.82, 2.24) is 15.0 Å². The average molecular weight is 794 g/mol. The molecule has 1 radical (unpaired) electrons. The molecule has 0 saturated heterocycles. The molecule has 0 saturated carbocycles. The molecule has 0 fully saturated rings. The van der Waals surface area contributed by atoms with Crippen LogP contribution in [0, 0.1) is 25.8 Å². The van der Waals surface area contributed by atoms with Crippen LogP contribution in [0.25, 0.3) is 54.7 Å². The van der Waals surface area contributed by atoms with E-state index < -0.39 is 13.7 Å². The van der Waals surface area contributed by atoms with Crippen molar-refractivity contribution in [3.63, 3.8) is 0 Å². The second-order valence-electron chi connectivity index (χ2n) is 12.9. The van der Waals surface area contributed by atoms with E-state index in [-0.39, 0.29) is 42.1 Å². The summed E-state index contributed by atoms with van der Waals surface area (Å²) in [5, 5.41) is 3.29. The van der Waals surface area contributed by atoms with Crippen molar-refractivity contribution in [1.29, 1.82) is 0 Å². The Morgan fingerprint density at radius 2 is 1.56 bits per heavy atom. The fourth-order valence-corrected chi connectivity index (χ4v) is 5.89. The topological polar surface area (TPSA) is 51.8 Å². The van der Waals surface area contributed by atoms with Crippen molar-refractivity contribution < 1.29 is 32.7 Å². The van der Waals surface area contributed by atoms with E-state index in [0.717, 1.165) is 48.4 Å². The third-order valence-electron chi connectivity index (χ3n) is 7.33. The zero-order valence-corrected chi connectivity index (χ0v) is 29.2. The Balaban J connectivity index is 0.000000211. The summed E-state index contributed by atoms with van der Waals surface area (Å²) in [7, 11) is 0. The van der Waals surface area contributed by atoms with E-state index in [4.69, 9.17) is 17.6 Å². The first-order valence-corrected chi connectivity index (χ1v) is 15.3. The number of thiazole rings is 1. The van der Waals surface area contributed by atoms with Crippen molar-refractivity contribution in [2.45, 2.75) is 66.1 Å². The molecule has 231 valence electrons. The van der Waals surface area contributed by atoms with E-state index >= 15 is 0 Å². The van der Waals surface area contributed by atoms with Gasteiger partial charge in [-0.1, -0.05) is 83.6 Å². The van der Waals surface area contributed by atoms with Crippen molar-refractivity contribution in [2.24, 2.45) is 0 Å². The van der Waals surface area contributed by atoms with Crippen LogP contribution >= 0.6 is 11.3 Å². The predicted molar refractivity (Wildman–Crippen MR) is 184 cm³/mol. The molecular weight excluding hydrogens is 751 g/mol. The smallest absolute Gasteiger partial charge is 0.148 e. The summed E-state index contributed by atoms with van der Waals surface area (Å²) in [5.41, 5.74) is 7.25. The first-order chi connectivity index (χ1) is 23.3. The largest absolute Gasteiger partial charge is 0.498 e. The Bertz CT molecular complexity index is 2260. The molecule has 0 aliphatic carbocycles. The molecule has 4 heterocycles. The maximum atomic E-state index is 7.28. The van der Waals surface area contributed by atoms with Crippen LogP contribution in [0.1, 0.15) is 71.5 Å². The molecule has 7 aromatic rings. The van der Waals surface area contributed by atoms with Crippen LogP contribution in [-0.2, 0) is 30.9 Å². The third kappa shape index (κ3) is 6.79. The number of nitrogens with zero attached hydrogens (tertiary/aromatic N) is 3. The molecule has 0 aliphatic rings. The van der Waals surface area contributed by atoms with Gasteiger partial charge in [0.25, 0.3) is 0 Å². The van der Waals surface area contributed by atoms with Gasteiger partial charge in [0.05, 0.1) is 15.3 Å². The fourth-order valence-electron chi connectivity index (χ4n) is 4.87. The number of benzene rings is 3. The number of aromatic nitrogens is 3. The Labute approximate surface area is 291 Å². The molecule has 0 unspecified atom stereocenters. The summed E-state index contributed by atoms with van der Waals surface area (Å²) in [6, 6.07) is 26.4. The maximum Gasteiger partial charge on any atom is 0.148 e. The number of hydrogen-bond acceptors (Lipinski definition) is 5. The third-order valence-corrected chi connectivity index (χ3v) is 8.78. The predicted octanol–water partition coefficient (Wildman–Crippen LogP) is 10.8. The van der Waals surface area contributed by atoms with Gasteiger partial charge in [-0.25, -0.2) is 4.98 Å². The monoisotopic (exact) mass is 794 g/mol. The van der Waals surface area contributed by atoms with Crippen LogP contribution in [0.5, 0.6) is 0 Å². The first-order valence-electron chi connectivity index (χ1n) is 17.4. The van der Waals surface area contributed by atoms with E-state index in [0.29, 0.717) is 11.3 Å². The average Bonchev–Trinajstić information content (AvgIpc) is 3.66. The molecule has 0 atom stereocenters. The van der Waals surface area contributed by atoms with Gasteiger partial charge in [-0.05, 0) is 46.9 Å². The van der Waals surface area contributed by atoms with Crippen molar-refractivity contribution in [3.05, 3.63) is 113 Å². The Morgan fingerprint density at radius 3 is 2.22 bits per heavy atom. The van der Waals surface area contributed by atoms with Crippen LogP contribution in [0.3, 0.4) is 0 Å². The zero-order valence-electron chi connectivity index (χ0n) is 32.0. The molecule has 7 rings (SSSR count). The van der Waals surface area contributed by atoms with E-state index in [9.17, 15) is 0 Å². The van der Waals surface area contributed by atoms with Gasteiger partial charge in [-0.15, -0.1) is 64.9 Å². The number of furan rings is 1. The Hall–Kier alpha value is -3.70. The van der Waals surface area contributed by atoms with Crippen LogP contribution < -0.4 is 0 Å². The molecule has 4 nitrogen and oxygen atoms in total. The van der Waals surface area contributed by atoms with Gasteiger partial charge in [0.2, 0.25) is 0 Å². The second kappa shape index (κ2) is 12.6. The van der Waals surface area contributed by atoms with Crippen LogP contribution in [-0.4, -0.2) is 15.0 Å². The molecule has 0 aliphatic heterocycles. The minimum atomic E-state index is -2.18. The summed E-state index contributed by atoms with van der Waals surface area (Å²) in [5.74, 6) is 0. The number of hydrogen-bond donors (Lipinski definition) is 0. The van der Waals surface area contributed by atoms with Crippen molar-refractivity contribution >= 4 is 43.5 Å². The SMILES string of the molecule is CC(C)(C)c1ccnc(-c2[c-]ccc3c2oc2c3ccc3sc(C(C)(C)C)nc32)c1.[2H]C([2H])([2H])c1c[c-]c(-c2ccc(C([2H])([2H])[2H])cn2)cc1.[Ir]. The molecule has 0 bridgehead atoms. The van der Waals surface area contributed by atoms with Gasteiger partial charge in [0, 0.05) is 51.5 Å². The number of fused-ring (bicyclic) bond motifs is 5. The Morgan fingerprint density at radius 1 is 0.778 bits per heavy atom. The van der Waals surface area contributed by atoms with E-state index in [1.54, 1.807) is 23.5 Å². The molecule has 4 aromatic heterocycles. The summed E-state index contributed by atoms with van der Waals surface area (Å²) in [4.78, 5) is 13.7. The molecular formula is C39H37IrN3OS-2. The summed E-state index contributed by atoms with van der Waals surface area (Å²) < 4.78 is 51.3. The fraction of sp³-hybridized carbons (Fsp3) is 0.256. The Kier molecular flexibility index (Phi) is 7.13. The van der Waals surface area contributed by atoms with Gasteiger partial charge in [-0.3, -0.25) is 0 Å². The molecule has 6 heteroatoms. The number of pyridine rings is 2. The summed E-state index contributed by atoms with van der Waals surface area (Å²) in [6.45, 7) is 8.88. The quantitative estimate of drug-likeness (QED) is 0.164. The van der Waals surface area contributed by atoms with Crippen molar-refractivity contribution in [2.75, 3.05) is 0 Å². The second-order valence-corrected chi connectivity index (χ2v) is 13.9. The van der Waals surface area contributed by atoms with E-state index in [1.165, 1.54) is 30.0 Å². The maximum absolute atomic E-state index is 7.28. The van der Waals surface area contributed by atoms with Gasteiger partial charge in [-0.2, -0.15) is 0 Å². The standard InChI is InChI=1S/C26H25N2OS.C13H12N.Ir/c1-25(2,3)15-12-13-27-19(14-15)18-9-7-8-16-17-10-11-20-21(23(17)29-22(16)18)28-24(30-20)26(4,5)6;1-10-3-6-12(7-4-10)13-8-5-11(2)9-14-13;/h7-8,10-14H,1-6H3;3-6,8-9H,1-2H3;/q2*-1;/i;1D3,2D3;. The van der Waals surface area contributed by atoms with Crippen LogP contribution in [0.15, 0.2) is 83.5 Å². The van der Waals surface area contributed by atoms with Gasteiger partial charge < -0.3 is 14.4 Å². The van der Waals surface area contributed by atoms with Crippen molar-refractivity contribution in [3.8, 4) is 22.5 Å². The number of rotatable bonds is 2. The molecule has 45 heavy (non-hydrogen) atoms. The first kappa shape index (κ1) is 25.5. The molecule has 3 aromatic carbocycles. The van der Waals surface area contributed by atoms with Gasteiger partial charge in [0.1, 0.15) is 11.1 Å². The van der Waals surface area contributed by atoms with E-state index in [2.05, 4.69) is 94.0 Å².